The fourth-order valence-electron chi connectivity index (χ4n) is 1.81. The molecule has 0 aromatic heterocycles. The van der Waals surface area contributed by atoms with Crippen molar-refractivity contribution in [2.24, 2.45) is 0 Å². The Balaban J connectivity index is 2.85. The molecular formula is C14H25N3O6. The SMILES string of the molecule is CC(C)(C)OC(=O)N1CC(ONC=O)CN1C(=O)OC(C)(C)C. The molecule has 0 aromatic rings. The normalized spacial score (nSPS) is 16.3. The summed E-state index contributed by atoms with van der Waals surface area (Å²) in [6.45, 7) is 10.4. The van der Waals surface area contributed by atoms with Crippen LogP contribution in [0.4, 0.5) is 9.59 Å². The van der Waals surface area contributed by atoms with E-state index in [4.69, 9.17) is 14.3 Å². The number of hydrogen-bond donors (Lipinski definition) is 1. The minimum absolute atomic E-state index is 0.0506. The largest absolute Gasteiger partial charge is 0.442 e. The van der Waals surface area contributed by atoms with Crippen LogP contribution in [0.2, 0.25) is 0 Å². The Bertz CT molecular complexity index is 418. The molecule has 1 aliphatic rings. The second kappa shape index (κ2) is 7.03. The van der Waals surface area contributed by atoms with E-state index in [2.05, 4.69) is 5.48 Å². The Morgan fingerprint density at radius 2 is 1.35 bits per heavy atom. The number of ether oxygens (including phenoxy) is 2. The average Bonchev–Trinajstić information content (AvgIpc) is 2.76. The first-order chi connectivity index (χ1) is 10.4. The van der Waals surface area contributed by atoms with Gasteiger partial charge in [-0.1, -0.05) is 0 Å². The van der Waals surface area contributed by atoms with E-state index in [0.717, 1.165) is 10.0 Å². The molecule has 0 unspecified atom stereocenters. The third kappa shape index (κ3) is 6.31. The molecule has 0 atom stereocenters. The average molecular weight is 331 g/mol. The molecule has 9 nitrogen and oxygen atoms in total. The second-order valence-corrected chi connectivity index (χ2v) is 7.10. The molecular weight excluding hydrogens is 306 g/mol. The van der Waals surface area contributed by atoms with E-state index in [9.17, 15) is 14.4 Å². The summed E-state index contributed by atoms with van der Waals surface area (Å²) in [4.78, 5) is 39.9. The van der Waals surface area contributed by atoms with Crippen molar-refractivity contribution >= 4 is 18.6 Å². The van der Waals surface area contributed by atoms with Crippen molar-refractivity contribution in [3.05, 3.63) is 0 Å². The fourth-order valence-corrected chi connectivity index (χ4v) is 1.81. The zero-order valence-electron chi connectivity index (χ0n) is 14.4. The van der Waals surface area contributed by atoms with Crippen LogP contribution >= 0.6 is 0 Å². The first-order valence-electron chi connectivity index (χ1n) is 7.29. The highest BCUT2D eigenvalue weighted by Crippen LogP contribution is 2.21. The van der Waals surface area contributed by atoms with Crippen molar-refractivity contribution in [2.75, 3.05) is 13.1 Å². The topological polar surface area (TPSA) is 97.4 Å². The molecule has 1 heterocycles. The summed E-state index contributed by atoms with van der Waals surface area (Å²) in [5.41, 5.74) is 0.644. The van der Waals surface area contributed by atoms with Crippen LogP contribution in [0, 0.1) is 0 Å². The highest BCUT2D eigenvalue weighted by Gasteiger charge is 2.41. The lowest BCUT2D eigenvalue weighted by Gasteiger charge is -2.31. The van der Waals surface area contributed by atoms with Crippen LogP contribution in [0.1, 0.15) is 41.5 Å². The van der Waals surface area contributed by atoms with Crippen LogP contribution in [0.25, 0.3) is 0 Å². The highest BCUT2D eigenvalue weighted by atomic mass is 16.7. The second-order valence-electron chi connectivity index (χ2n) is 7.10. The lowest BCUT2D eigenvalue weighted by atomic mass is 10.2. The molecule has 1 rings (SSSR count). The molecule has 0 bridgehead atoms. The summed E-state index contributed by atoms with van der Waals surface area (Å²) in [6.07, 6.45) is -1.60. The molecule has 0 aromatic carbocycles. The number of rotatable bonds is 3. The monoisotopic (exact) mass is 331 g/mol. The van der Waals surface area contributed by atoms with E-state index in [1.807, 2.05) is 0 Å². The Labute approximate surface area is 135 Å². The van der Waals surface area contributed by atoms with E-state index in [-0.39, 0.29) is 13.1 Å². The number of hydroxylamine groups is 1. The Kier molecular flexibility index (Phi) is 5.81. The van der Waals surface area contributed by atoms with Gasteiger partial charge in [0, 0.05) is 0 Å². The van der Waals surface area contributed by atoms with Crippen LogP contribution in [0.3, 0.4) is 0 Å². The van der Waals surface area contributed by atoms with Crippen molar-refractivity contribution in [2.45, 2.75) is 58.8 Å². The van der Waals surface area contributed by atoms with Gasteiger partial charge in [0.25, 0.3) is 0 Å². The standard InChI is InChI=1S/C14H25N3O6/c1-13(2,3)21-11(19)16-7-10(23-15-9-18)8-17(16)12(20)22-14(4,5)6/h9-10H,7-8H2,1-6H3,(H,15,18). The molecule has 0 saturated carbocycles. The quantitative estimate of drug-likeness (QED) is 0.621. The third-order valence-corrected chi connectivity index (χ3v) is 2.54. The molecule has 1 N–H and O–H groups in total. The lowest BCUT2D eigenvalue weighted by molar-refractivity contribution is -0.124. The maximum absolute atomic E-state index is 12.3. The van der Waals surface area contributed by atoms with Gasteiger partial charge in [0.1, 0.15) is 17.3 Å². The molecule has 0 aliphatic carbocycles. The first kappa shape index (κ1) is 19.0. The highest BCUT2D eigenvalue weighted by molar-refractivity contribution is 5.75. The molecule has 1 saturated heterocycles. The Morgan fingerprint density at radius 3 is 1.65 bits per heavy atom. The maximum Gasteiger partial charge on any atom is 0.429 e. The van der Waals surface area contributed by atoms with Crippen LogP contribution in [-0.4, -0.2) is 59.0 Å². The Hall–Kier alpha value is -2.03. The van der Waals surface area contributed by atoms with Gasteiger partial charge >= 0.3 is 12.2 Å². The number of carbonyl (C=O) groups excluding carboxylic acids is 3. The zero-order chi connectivity index (χ0) is 17.8. The van der Waals surface area contributed by atoms with Gasteiger partial charge in [0.05, 0.1) is 13.1 Å². The van der Waals surface area contributed by atoms with Gasteiger partial charge < -0.3 is 9.47 Å². The fraction of sp³-hybridized carbons (Fsp3) is 0.786. The number of carbonyl (C=O) groups is 3. The number of nitrogens with one attached hydrogen (secondary N) is 1. The summed E-state index contributed by atoms with van der Waals surface area (Å²) in [7, 11) is 0. The minimum Gasteiger partial charge on any atom is -0.442 e. The van der Waals surface area contributed by atoms with E-state index >= 15 is 0 Å². The number of nitrogens with zero attached hydrogens (tertiary/aromatic N) is 2. The van der Waals surface area contributed by atoms with Crippen molar-refractivity contribution < 1.29 is 28.7 Å². The predicted molar refractivity (Wildman–Crippen MR) is 80.0 cm³/mol. The molecule has 1 aliphatic heterocycles. The molecule has 23 heavy (non-hydrogen) atoms. The third-order valence-electron chi connectivity index (χ3n) is 2.54. The summed E-state index contributed by atoms with van der Waals surface area (Å²) in [5, 5.41) is 2.22. The number of hydrazine groups is 1. The molecule has 0 spiro atoms. The minimum atomic E-state index is -0.712. The summed E-state index contributed by atoms with van der Waals surface area (Å²) in [5.74, 6) is 0. The smallest absolute Gasteiger partial charge is 0.429 e. The van der Waals surface area contributed by atoms with Crippen molar-refractivity contribution in [3.8, 4) is 0 Å². The van der Waals surface area contributed by atoms with Gasteiger partial charge in [0.2, 0.25) is 6.41 Å². The number of amides is 3. The summed E-state index contributed by atoms with van der Waals surface area (Å²) < 4.78 is 10.6. The van der Waals surface area contributed by atoms with Gasteiger partial charge in [-0.15, -0.1) is 0 Å². The van der Waals surface area contributed by atoms with Crippen molar-refractivity contribution in [1.82, 2.24) is 15.5 Å². The molecule has 1 fully saturated rings. The zero-order valence-corrected chi connectivity index (χ0v) is 14.4. The van der Waals surface area contributed by atoms with E-state index in [1.54, 1.807) is 41.5 Å². The predicted octanol–water partition coefficient (Wildman–Crippen LogP) is 1.44. The maximum atomic E-state index is 12.3. The van der Waals surface area contributed by atoms with Gasteiger partial charge in [-0.2, -0.15) is 0 Å². The first-order valence-corrected chi connectivity index (χ1v) is 7.29. The summed E-state index contributed by atoms with van der Waals surface area (Å²) >= 11 is 0. The molecule has 0 radical (unpaired) electrons. The summed E-state index contributed by atoms with van der Waals surface area (Å²) in [6, 6.07) is 0. The van der Waals surface area contributed by atoms with E-state index in [1.165, 1.54) is 0 Å². The molecule has 132 valence electrons. The van der Waals surface area contributed by atoms with Crippen molar-refractivity contribution in [1.29, 1.82) is 0 Å². The Morgan fingerprint density at radius 1 is 0.957 bits per heavy atom. The van der Waals surface area contributed by atoms with E-state index < -0.39 is 29.5 Å². The van der Waals surface area contributed by atoms with Gasteiger partial charge in [-0.05, 0) is 41.5 Å². The molecule has 3 amide bonds. The van der Waals surface area contributed by atoms with Gasteiger partial charge in [-0.25, -0.2) is 25.1 Å². The lowest BCUT2D eigenvalue weighted by Crippen LogP contribution is -2.48. The van der Waals surface area contributed by atoms with Crippen LogP contribution < -0.4 is 5.48 Å². The van der Waals surface area contributed by atoms with E-state index in [0.29, 0.717) is 6.41 Å². The van der Waals surface area contributed by atoms with Crippen LogP contribution in [-0.2, 0) is 19.1 Å². The number of hydrogen-bond acceptors (Lipinski definition) is 6. The van der Waals surface area contributed by atoms with Gasteiger partial charge in [-0.3, -0.25) is 9.63 Å². The van der Waals surface area contributed by atoms with Crippen molar-refractivity contribution in [3.63, 3.8) is 0 Å². The van der Waals surface area contributed by atoms with Gasteiger partial charge in [0.15, 0.2) is 0 Å². The van der Waals surface area contributed by atoms with Crippen LogP contribution in [0.5, 0.6) is 0 Å². The van der Waals surface area contributed by atoms with Crippen LogP contribution in [0.15, 0.2) is 0 Å². The molecule has 9 heteroatoms.